The molecule has 1 rings (SSSR count). The minimum absolute atomic E-state index is 0.329. The molecular formula is C17H30N4O3S. The van der Waals surface area contributed by atoms with Crippen LogP contribution in [0.3, 0.4) is 0 Å². The fourth-order valence-electron chi connectivity index (χ4n) is 2.22. The molecule has 0 aliphatic rings. The first kappa shape index (κ1) is 21.4. The summed E-state index contributed by atoms with van der Waals surface area (Å²) in [5.74, 6) is 0.720. The molecule has 8 heteroatoms. The molecule has 0 atom stereocenters. The Balaban J connectivity index is 2.34. The van der Waals surface area contributed by atoms with Gasteiger partial charge in [0.15, 0.2) is 15.8 Å². The molecule has 0 amide bonds. The Morgan fingerprint density at radius 2 is 1.88 bits per heavy atom. The number of methoxy groups -OCH3 is 1. The minimum atomic E-state index is -3.15. The van der Waals surface area contributed by atoms with Gasteiger partial charge in [-0.25, -0.2) is 8.42 Å². The number of ether oxygens (including phenoxy) is 1. The van der Waals surface area contributed by atoms with Crippen molar-refractivity contribution in [2.45, 2.75) is 17.9 Å². The number of nitrogens with one attached hydrogen (secondary N) is 2. The zero-order valence-electron chi connectivity index (χ0n) is 15.6. The molecule has 7 nitrogen and oxygen atoms in total. The molecule has 2 N–H and O–H groups in total. The number of hydrogen-bond donors (Lipinski definition) is 2. The van der Waals surface area contributed by atoms with Crippen LogP contribution >= 0.6 is 0 Å². The van der Waals surface area contributed by atoms with Gasteiger partial charge in [0.25, 0.3) is 0 Å². The first-order valence-electron chi connectivity index (χ1n) is 8.28. The van der Waals surface area contributed by atoms with Crippen molar-refractivity contribution >= 4 is 15.8 Å². The van der Waals surface area contributed by atoms with Crippen LogP contribution in [0.2, 0.25) is 0 Å². The summed E-state index contributed by atoms with van der Waals surface area (Å²) in [6, 6.07) is 6.86. The Hall–Kier alpha value is -1.64. The van der Waals surface area contributed by atoms with Gasteiger partial charge >= 0.3 is 0 Å². The van der Waals surface area contributed by atoms with Gasteiger partial charge in [-0.3, -0.25) is 4.99 Å². The Labute approximate surface area is 151 Å². The number of aliphatic imine (C=N–C) groups is 1. The topological polar surface area (TPSA) is 83.0 Å². The maximum atomic E-state index is 11.5. The second-order valence-electron chi connectivity index (χ2n) is 5.92. The maximum absolute atomic E-state index is 11.5. The van der Waals surface area contributed by atoms with E-state index in [2.05, 4.69) is 27.6 Å². The highest BCUT2D eigenvalue weighted by molar-refractivity contribution is 7.90. The highest BCUT2D eigenvalue weighted by Crippen LogP contribution is 2.10. The third-order valence-corrected chi connectivity index (χ3v) is 4.84. The SMILES string of the molecule is CN=C(NCCN(C)CCCOC)NCc1ccc(S(C)(=O)=O)cc1. The van der Waals surface area contributed by atoms with Crippen molar-refractivity contribution in [3.05, 3.63) is 29.8 Å². The van der Waals surface area contributed by atoms with Gasteiger partial charge in [-0.2, -0.15) is 0 Å². The number of likely N-dealkylation sites (N-methyl/N-ethyl adjacent to an activating group) is 1. The third kappa shape index (κ3) is 8.85. The molecule has 25 heavy (non-hydrogen) atoms. The molecule has 0 radical (unpaired) electrons. The molecular weight excluding hydrogens is 340 g/mol. The Morgan fingerprint density at radius 1 is 1.20 bits per heavy atom. The van der Waals surface area contributed by atoms with E-state index in [0.717, 1.165) is 44.2 Å². The molecule has 0 fully saturated rings. The summed E-state index contributed by atoms with van der Waals surface area (Å²) in [5, 5.41) is 6.49. The van der Waals surface area contributed by atoms with Crippen LogP contribution in [0.1, 0.15) is 12.0 Å². The van der Waals surface area contributed by atoms with E-state index in [1.807, 2.05) is 0 Å². The number of sulfone groups is 1. The van der Waals surface area contributed by atoms with Gasteiger partial charge in [0.05, 0.1) is 4.90 Å². The van der Waals surface area contributed by atoms with Gasteiger partial charge in [0.2, 0.25) is 0 Å². The summed E-state index contributed by atoms with van der Waals surface area (Å²) >= 11 is 0. The second kappa shape index (κ2) is 11.1. The predicted molar refractivity (Wildman–Crippen MR) is 102 cm³/mol. The van der Waals surface area contributed by atoms with E-state index in [-0.39, 0.29) is 0 Å². The van der Waals surface area contributed by atoms with Gasteiger partial charge in [-0.15, -0.1) is 0 Å². The van der Waals surface area contributed by atoms with Crippen LogP contribution in [0.4, 0.5) is 0 Å². The van der Waals surface area contributed by atoms with Gasteiger partial charge in [-0.05, 0) is 31.2 Å². The van der Waals surface area contributed by atoms with E-state index in [1.165, 1.54) is 6.26 Å². The summed E-state index contributed by atoms with van der Waals surface area (Å²) in [6.07, 6.45) is 2.22. The first-order valence-corrected chi connectivity index (χ1v) is 10.2. The molecule has 0 aromatic heterocycles. The summed E-state index contributed by atoms with van der Waals surface area (Å²) in [6.45, 7) is 4.05. The molecule has 0 unspecified atom stereocenters. The summed E-state index contributed by atoms with van der Waals surface area (Å²) < 4.78 is 28.0. The Morgan fingerprint density at radius 3 is 2.44 bits per heavy atom. The molecule has 1 aromatic carbocycles. The van der Waals surface area contributed by atoms with Crippen molar-refractivity contribution in [1.29, 1.82) is 0 Å². The van der Waals surface area contributed by atoms with E-state index >= 15 is 0 Å². The fourth-order valence-corrected chi connectivity index (χ4v) is 2.85. The van der Waals surface area contributed by atoms with E-state index < -0.39 is 9.84 Å². The molecule has 0 aliphatic heterocycles. The van der Waals surface area contributed by atoms with E-state index in [0.29, 0.717) is 11.4 Å². The molecule has 0 heterocycles. The molecule has 0 saturated carbocycles. The van der Waals surface area contributed by atoms with Crippen molar-refractivity contribution in [1.82, 2.24) is 15.5 Å². The van der Waals surface area contributed by atoms with Crippen LogP contribution in [-0.4, -0.2) is 73.0 Å². The lowest BCUT2D eigenvalue weighted by Gasteiger charge is -2.18. The number of nitrogens with zero attached hydrogens (tertiary/aromatic N) is 2. The van der Waals surface area contributed by atoms with Crippen LogP contribution in [0.5, 0.6) is 0 Å². The molecule has 0 aliphatic carbocycles. The largest absolute Gasteiger partial charge is 0.385 e. The van der Waals surface area contributed by atoms with Gasteiger partial charge in [-0.1, -0.05) is 12.1 Å². The Kier molecular flexibility index (Phi) is 9.48. The summed E-state index contributed by atoms with van der Waals surface area (Å²) in [4.78, 5) is 6.76. The number of rotatable bonds is 10. The molecule has 1 aromatic rings. The lowest BCUT2D eigenvalue weighted by Crippen LogP contribution is -2.40. The number of guanidine groups is 1. The van der Waals surface area contributed by atoms with E-state index in [4.69, 9.17) is 4.74 Å². The van der Waals surface area contributed by atoms with Crippen LogP contribution in [-0.2, 0) is 21.1 Å². The molecule has 142 valence electrons. The van der Waals surface area contributed by atoms with Crippen molar-refractivity contribution < 1.29 is 13.2 Å². The Bertz CT molecular complexity index is 630. The average Bonchev–Trinajstić information content (AvgIpc) is 2.57. The minimum Gasteiger partial charge on any atom is -0.385 e. The lowest BCUT2D eigenvalue weighted by atomic mass is 10.2. The van der Waals surface area contributed by atoms with Crippen LogP contribution in [0, 0.1) is 0 Å². The van der Waals surface area contributed by atoms with Crippen LogP contribution < -0.4 is 10.6 Å². The smallest absolute Gasteiger partial charge is 0.191 e. The molecule has 0 saturated heterocycles. The maximum Gasteiger partial charge on any atom is 0.191 e. The fraction of sp³-hybridized carbons (Fsp3) is 0.588. The van der Waals surface area contributed by atoms with E-state index in [1.54, 1.807) is 38.4 Å². The van der Waals surface area contributed by atoms with Crippen molar-refractivity contribution in [3.8, 4) is 0 Å². The summed E-state index contributed by atoms with van der Waals surface area (Å²) in [7, 11) is 2.37. The lowest BCUT2D eigenvalue weighted by molar-refractivity contribution is 0.180. The zero-order chi connectivity index (χ0) is 18.7. The van der Waals surface area contributed by atoms with Crippen molar-refractivity contribution in [3.63, 3.8) is 0 Å². The van der Waals surface area contributed by atoms with Crippen LogP contribution in [0.15, 0.2) is 34.2 Å². The van der Waals surface area contributed by atoms with Crippen LogP contribution in [0.25, 0.3) is 0 Å². The standard InChI is InChI=1S/C17H30N4O3S/c1-18-17(19-10-12-21(2)11-5-13-24-3)20-14-15-6-8-16(9-7-15)25(4,22)23/h6-9H,5,10-14H2,1-4H3,(H2,18,19,20). The van der Waals surface area contributed by atoms with Gasteiger partial charge in [0, 0.05) is 53.2 Å². The normalized spacial score (nSPS) is 12.4. The van der Waals surface area contributed by atoms with Crippen molar-refractivity contribution in [2.24, 2.45) is 4.99 Å². The molecule has 0 spiro atoms. The number of benzene rings is 1. The quantitative estimate of drug-likeness (QED) is 0.359. The third-order valence-electron chi connectivity index (χ3n) is 3.71. The second-order valence-corrected chi connectivity index (χ2v) is 7.93. The zero-order valence-corrected chi connectivity index (χ0v) is 16.4. The monoisotopic (exact) mass is 370 g/mol. The highest BCUT2D eigenvalue weighted by atomic mass is 32.2. The molecule has 0 bridgehead atoms. The highest BCUT2D eigenvalue weighted by Gasteiger charge is 2.06. The van der Waals surface area contributed by atoms with Gasteiger partial charge < -0.3 is 20.3 Å². The van der Waals surface area contributed by atoms with E-state index in [9.17, 15) is 8.42 Å². The van der Waals surface area contributed by atoms with Gasteiger partial charge in [0.1, 0.15) is 0 Å². The predicted octanol–water partition coefficient (Wildman–Crippen LogP) is 0.723. The number of hydrogen-bond acceptors (Lipinski definition) is 5. The summed E-state index contributed by atoms with van der Waals surface area (Å²) in [5.41, 5.74) is 0.993. The van der Waals surface area contributed by atoms with Crippen molar-refractivity contribution in [2.75, 3.05) is 53.7 Å². The first-order chi connectivity index (χ1) is 11.9. The average molecular weight is 371 g/mol.